The van der Waals surface area contributed by atoms with Crippen molar-refractivity contribution in [1.82, 2.24) is 25.1 Å². The predicted octanol–water partition coefficient (Wildman–Crippen LogP) is 0.443. The van der Waals surface area contributed by atoms with Crippen LogP contribution in [-0.4, -0.2) is 26.3 Å². The lowest BCUT2D eigenvalue weighted by Crippen LogP contribution is -2.28. The molecule has 0 aromatic carbocycles. The van der Waals surface area contributed by atoms with E-state index in [1.807, 2.05) is 16.9 Å². The zero-order valence-corrected chi connectivity index (χ0v) is 8.22. The van der Waals surface area contributed by atoms with E-state index in [1.165, 1.54) is 5.69 Å². The average molecular weight is 201 g/mol. The molecule has 3 rings (SSSR count). The fourth-order valence-corrected chi connectivity index (χ4v) is 1.81. The van der Waals surface area contributed by atoms with Gasteiger partial charge < -0.3 is 5.32 Å². The van der Waals surface area contributed by atoms with Crippen molar-refractivity contribution in [3.63, 3.8) is 0 Å². The molecular formula is C10H11N5. The normalized spacial score (nSPS) is 14.9. The molecule has 0 aliphatic carbocycles. The summed E-state index contributed by atoms with van der Waals surface area (Å²) in [6.45, 7) is 2.74. The number of hydrogen-bond acceptors (Lipinski definition) is 4. The van der Waals surface area contributed by atoms with E-state index < -0.39 is 0 Å². The van der Waals surface area contributed by atoms with Crippen LogP contribution in [-0.2, 0) is 13.1 Å². The van der Waals surface area contributed by atoms with Crippen LogP contribution in [0.4, 0.5) is 0 Å². The van der Waals surface area contributed by atoms with Crippen LogP contribution in [0.1, 0.15) is 5.69 Å². The van der Waals surface area contributed by atoms with Crippen molar-refractivity contribution in [2.45, 2.75) is 13.1 Å². The minimum Gasteiger partial charge on any atom is -0.309 e. The lowest BCUT2D eigenvalue weighted by atomic mass is 10.2. The summed E-state index contributed by atoms with van der Waals surface area (Å²) in [6.07, 6.45) is 5.35. The number of nitrogens with one attached hydrogen (secondary N) is 1. The van der Waals surface area contributed by atoms with Crippen LogP contribution in [0.3, 0.4) is 0 Å². The largest absolute Gasteiger partial charge is 0.309 e. The monoisotopic (exact) mass is 201 g/mol. The van der Waals surface area contributed by atoms with Crippen molar-refractivity contribution in [3.8, 4) is 11.4 Å². The van der Waals surface area contributed by atoms with Crippen molar-refractivity contribution in [2.24, 2.45) is 0 Å². The van der Waals surface area contributed by atoms with Gasteiger partial charge in [-0.05, 0) is 6.07 Å². The number of hydrogen-bond donors (Lipinski definition) is 1. The zero-order chi connectivity index (χ0) is 10.1. The molecule has 0 saturated carbocycles. The van der Waals surface area contributed by atoms with Crippen LogP contribution < -0.4 is 5.32 Å². The molecule has 0 unspecified atom stereocenters. The maximum Gasteiger partial charge on any atom is 0.162 e. The van der Waals surface area contributed by atoms with Gasteiger partial charge in [-0.3, -0.25) is 4.68 Å². The third-order valence-electron chi connectivity index (χ3n) is 2.55. The highest BCUT2D eigenvalue weighted by atomic mass is 15.3. The molecule has 0 bridgehead atoms. The van der Waals surface area contributed by atoms with Crippen LogP contribution in [0, 0.1) is 0 Å². The molecule has 3 heterocycles. The van der Waals surface area contributed by atoms with Crippen LogP contribution in [0.25, 0.3) is 11.4 Å². The molecular weight excluding hydrogens is 190 g/mol. The molecule has 0 saturated heterocycles. The van der Waals surface area contributed by atoms with Crippen LogP contribution in [0.15, 0.2) is 24.7 Å². The van der Waals surface area contributed by atoms with Gasteiger partial charge in [-0.2, -0.15) is 5.10 Å². The molecule has 1 N–H and O–H groups in total. The molecule has 76 valence electrons. The smallest absolute Gasteiger partial charge is 0.162 e. The van der Waals surface area contributed by atoms with E-state index in [0.717, 1.165) is 31.0 Å². The SMILES string of the molecule is c1cnc(-c2cnn3c2CNCC3)nc1. The Kier molecular flexibility index (Phi) is 1.96. The zero-order valence-electron chi connectivity index (χ0n) is 8.22. The van der Waals surface area contributed by atoms with Gasteiger partial charge in [0, 0.05) is 25.5 Å². The summed E-state index contributed by atoms with van der Waals surface area (Å²) < 4.78 is 2.02. The van der Waals surface area contributed by atoms with Crippen LogP contribution in [0.2, 0.25) is 0 Å². The number of aromatic nitrogens is 4. The van der Waals surface area contributed by atoms with Crippen molar-refractivity contribution in [3.05, 3.63) is 30.4 Å². The van der Waals surface area contributed by atoms with Crippen molar-refractivity contribution < 1.29 is 0 Å². The van der Waals surface area contributed by atoms with E-state index in [-0.39, 0.29) is 0 Å². The van der Waals surface area contributed by atoms with Gasteiger partial charge in [0.05, 0.1) is 24.0 Å². The summed E-state index contributed by atoms with van der Waals surface area (Å²) in [6, 6.07) is 1.82. The minimum absolute atomic E-state index is 0.752. The standard InChI is InChI=1S/C10H11N5/c1-2-12-10(13-3-1)8-6-14-15-5-4-11-7-9(8)15/h1-3,6,11H,4-5,7H2. The fraction of sp³-hybridized carbons (Fsp3) is 0.300. The van der Waals surface area contributed by atoms with Gasteiger partial charge in [0.25, 0.3) is 0 Å². The van der Waals surface area contributed by atoms with E-state index in [0.29, 0.717) is 0 Å². The molecule has 0 radical (unpaired) electrons. The first kappa shape index (κ1) is 8.55. The van der Waals surface area contributed by atoms with Gasteiger partial charge in [0.2, 0.25) is 0 Å². The average Bonchev–Trinajstić information content (AvgIpc) is 2.74. The summed E-state index contributed by atoms with van der Waals surface area (Å²) >= 11 is 0. The Hall–Kier alpha value is -1.75. The molecule has 0 fully saturated rings. The van der Waals surface area contributed by atoms with E-state index in [9.17, 15) is 0 Å². The lowest BCUT2D eigenvalue weighted by molar-refractivity contribution is 0.476. The Labute approximate surface area is 87.2 Å². The second-order valence-corrected chi connectivity index (χ2v) is 3.48. The molecule has 1 aliphatic heterocycles. The molecule has 5 heteroatoms. The number of rotatable bonds is 1. The molecule has 15 heavy (non-hydrogen) atoms. The van der Waals surface area contributed by atoms with E-state index >= 15 is 0 Å². The highest BCUT2D eigenvalue weighted by Crippen LogP contribution is 2.20. The van der Waals surface area contributed by atoms with E-state index in [4.69, 9.17) is 0 Å². The first-order chi connectivity index (χ1) is 7.45. The first-order valence-electron chi connectivity index (χ1n) is 4.98. The van der Waals surface area contributed by atoms with E-state index in [2.05, 4.69) is 20.4 Å². The maximum atomic E-state index is 4.33. The Morgan fingerprint density at radius 1 is 1.27 bits per heavy atom. The topological polar surface area (TPSA) is 55.6 Å². The van der Waals surface area contributed by atoms with Crippen LogP contribution in [0.5, 0.6) is 0 Å². The van der Waals surface area contributed by atoms with E-state index in [1.54, 1.807) is 12.4 Å². The number of fused-ring (bicyclic) bond motifs is 1. The predicted molar refractivity (Wildman–Crippen MR) is 55.0 cm³/mol. The Morgan fingerprint density at radius 3 is 3.00 bits per heavy atom. The molecule has 1 aliphatic rings. The molecule has 5 nitrogen and oxygen atoms in total. The molecule has 0 atom stereocenters. The third kappa shape index (κ3) is 1.41. The van der Waals surface area contributed by atoms with Gasteiger partial charge in [-0.15, -0.1) is 0 Å². The van der Waals surface area contributed by atoms with Crippen molar-refractivity contribution in [1.29, 1.82) is 0 Å². The van der Waals surface area contributed by atoms with Gasteiger partial charge in [0.15, 0.2) is 5.82 Å². The van der Waals surface area contributed by atoms with Gasteiger partial charge >= 0.3 is 0 Å². The molecule has 2 aromatic heterocycles. The second-order valence-electron chi connectivity index (χ2n) is 3.48. The molecule has 2 aromatic rings. The summed E-state index contributed by atoms with van der Waals surface area (Å²) in [5.41, 5.74) is 2.20. The maximum absolute atomic E-state index is 4.33. The highest BCUT2D eigenvalue weighted by molar-refractivity contribution is 5.57. The molecule has 0 amide bonds. The second kappa shape index (κ2) is 3.43. The summed E-state index contributed by atoms with van der Waals surface area (Å²) in [5.74, 6) is 0.752. The van der Waals surface area contributed by atoms with Crippen molar-refractivity contribution >= 4 is 0 Å². The van der Waals surface area contributed by atoms with Crippen LogP contribution >= 0.6 is 0 Å². The Bertz CT molecular complexity index is 462. The van der Waals surface area contributed by atoms with Gasteiger partial charge in [-0.1, -0.05) is 0 Å². The Balaban J connectivity index is 2.09. The third-order valence-corrected chi connectivity index (χ3v) is 2.55. The molecule has 0 spiro atoms. The van der Waals surface area contributed by atoms with Gasteiger partial charge in [0.1, 0.15) is 0 Å². The summed E-state index contributed by atoms with van der Waals surface area (Å²) in [5, 5.41) is 7.65. The quantitative estimate of drug-likeness (QED) is 0.727. The number of nitrogens with zero attached hydrogens (tertiary/aromatic N) is 4. The Morgan fingerprint density at radius 2 is 2.13 bits per heavy atom. The first-order valence-corrected chi connectivity index (χ1v) is 4.98. The minimum atomic E-state index is 0.752. The highest BCUT2D eigenvalue weighted by Gasteiger charge is 2.16. The summed E-state index contributed by atoms with van der Waals surface area (Å²) in [4.78, 5) is 8.47. The van der Waals surface area contributed by atoms with Gasteiger partial charge in [-0.25, -0.2) is 9.97 Å². The van der Waals surface area contributed by atoms with Crippen molar-refractivity contribution in [2.75, 3.05) is 6.54 Å². The fourth-order valence-electron chi connectivity index (χ4n) is 1.81. The lowest BCUT2D eigenvalue weighted by Gasteiger charge is -2.15. The summed E-state index contributed by atoms with van der Waals surface area (Å²) in [7, 11) is 0.